The van der Waals surface area contributed by atoms with E-state index in [1.54, 1.807) is 36.4 Å². The number of carbonyl (C=O) groups excluding carboxylic acids is 2. The number of nitrogens with zero attached hydrogens (tertiary/aromatic N) is 2. The van der Waals surface area contributed by atoms with Crippen LogP contribution in [0.5, 0.6) is 5.75 Å². The highest BCUT2D eigenvalue weighted by Crippen LogP contribution is 2.36. The number of hydrogen-bond donors (Lipinski definition) is 0. The first-order chi connectivity index (χ1) is 16.3. The molecule has 3 aromatic rings. The Hall–Kier alpha value is -3.33. The van der Waals surface area contributed by atoms with Crippen LogP contribution < -0.4 is 4.74 Å². The van der Waals surface area contributed by atoms with Crippen molar-refractivity contribution in [3.63, 3.8) is 0 Å². The summed E-state index contributed by atoms with van der Waals surface area (Å²) in [4.78, 5) is 37.1. The summed E-state index contributed by atoms with van der Waals surface area (Å²) in [6, 6.07) is 18.0. The molecule has 172 valence electrons. The van der Waals surface area contributed by atoms with Crippen molar-refractivity contribution in [3.05, 3.63) is 108 Å². The second-order valence-corrected chi connectivity index (χ2v) is 9.16. The van der Waals surface area contributed by atoms with E-state index in [1.807, 2.05) is 12.1 Å². The molecular weight excluding hydrogens is 499 g/mol. The van der Waals surface area contributed by atoms with Crippen molar-refractivity contribution in [1.29, 1.82) is 0 Å². The highest BCUT2D eigenvalue weighted by Gasteiger charge is 2.35. The van der Waals surface area contributed by atoms with Gasteiger partial charge >= 0.3 is 0 Å². The highest BCUT2D eigenvalue weighted by molar-refractivity contribution is 8.18. The molecule has 2 amide bonds. The lowest BCUT2D eigenvalue weighted by Crippen LogP contribution is -2.27. The molecule has 3 aromatic carbocycles. The van der Waals surface area contributed by atoms with Gasteiger partial charge in [-0.15, -0.1) is 0 Å². The van der Waals surface area contributed by atoms with Crippen LogP contribution >= 0.6 is 35.0 Å². The summed E-state index contributed by atoms with van der Waals surface area (Å²) in [5.74, 6) is 0.0284. The molecule has 0 radical (unpaired) electrons. The summed E-state index contributed by atoms with van der Waals surface area (Å²) in [7, 11) is 0. The lowest BCUT2D eigenvalue weighted by atomic mass is 10.1. The summed E-state index contributed by atoms with van der Waals surface area (Å²) < 4.78 is 5.92. The number of ether oxygens (including phenoxy) is 1. The number of halogens is 2. The normalized spacial score (nSPS) is 14.6. The number of nitro groups is 1. The first-order valence-corrected chi connectivity index (χ1v) is 11.5. The van der Waals surface area contributed by atoms with Gasteiger partial charge in [-0.05, 0) is 59.3 Å². The Kier molecular flexibility index (Phi) is 7.21. The molecule has 0 N–H and O–H groups in total. The van der Waals surface area contributed by atoms with E-state index in [-0.39, 0.29) is 23.7 Å². The van der Waals surface area contributed by atoms with E-state index >= 15 is 0 Å². The first kappa shape index (κ1) is 23.8. The summed E-state index contributed by atoms with van der Waals surface area (Å²) in [5.41, 5.74) is 1.96. The van der Waals surface area contributed by atoms with Crippen LogP contribution in [0.3, 0.4) is 0 Å². The van der Waals surface area contributed by atoms with Crippen LogP contribution in [0.15, 0.2) is 71.6 Å². The number of nitro benzene ring substituents is 1. The molecule has 0 unspecified atom stereocenters. The van der Waals surface area contributed by atoms with E-state index in [2.05, 4.69) is 0 Å². The van der Waals surface area contributed by atoms with Gasteiger partial charge in [-0.1, -0.05) is 47.5 Å². The minimum atomic E-state index is -0.510. The molecule has 0 atom stereocenters. The number of carbonyl (C=O) groups is 2. The molecular formula is C24H16Cl2N2O5S. The zero-order valence-corrected chi connectivity index (χ0v) is 19.8. The Morgan fingerprint density at radius 3 is 2.41 bits per heavy atom. The van der Waals surface area contributed by atoms with Crippen molar-refractivity contribution in [3.8, 4) is 5.75 Å². The number of imide groups is 1. The number of non-ortho nitro benzene ring substituents is 1. The lowest BCUT2D eigenvalue weighted by molar-refractivity contribution is -0.384. The fourth-order valence-corrected chi connectivity index (χ4v) is 4.46. The van der Waals surface area contributed by atoms with Gasteiger partial charge in [0.15, 0.2) is 0 Å². The van der Waals surface area contributed by atoms with Gasteiger partial charge in [-0.3, -0.25) is 24.6 Å². The van der Waals surface area contributed by atoms with Gasteiger partial charge in [0.05, 0.1) is 16.4 Å². The molecule has 0 aromatic heterocycles. The number of benzene rings is 3. The molecule has 7 nitrogen and oxygen atoms in total. The van der Waals surface area contributed by atoms with E-state index in [0.717, 1.165) is 22.2 Å². The molecule has 10 heteroatoms. The van der Waals surface area contributed by atoms with Gasteiger partial charge in [0, 0.05) is 27.7 Å². The average molecular weight is 515 g/mol. The first-order valence-electron chi connectivity index (χ1n) is 9.95. The fraction of sp³-hybridized carbons (Fsp3) is 0.0833. The minimum absolute atomic E-state index is 0.00761. The standard InChI is InChI=1S/C24H16Cl2N2O5S/c25-18-3-1-2-16(10-18)14-33-21-9-6-19(26)11-17(21)12-22-23(29)27(24(30)34-22)13-15-4-7-20(8-5-15)28(31)32/h1-12H,13-14H2. The van der Waals surface area contributed by atoms with Crippen LogP contribution in [0, 0.1) is 10.1 Å². The zero-order valence-electron chi connectivity index (χ0n) is 17.4. The molecule has 1 aliphatic rings. The summed E-state index contributed by atoms with van der Waals surface area (Å²) >= 11 is 13.0. The van der Waals surface area contributed by atoms with Gasteiger partial charge in [-0.2, -0.15) is 0 Å². The van der Waals surface area contributed by atoms with Crippen LogP contribution in [-0.4, -0.2) is 21.0 Å². The van der Waals surface area contributed by atoms with Crippen LogP contribution in [0.4, 0.5) is 10.5 Å². The smallest absolute Gasteiger partial charge is 0.293 e. The van der Waals surface area contributed by atoms with E-state index < -0.39 is 16.1 Å². The summed E-state index contributed by atoms with van der Waals surface area (Å²) in [6.45, 7) is 0.262. The van der Waals surface area contributed by atoms with Crippen LogP contribution in [0.1, 0.15) is 16.7 Å². The molecule has 0 aliphatic carbocycles. The second kappa shape index (κ2) is 10.3. The second-order valence-electron chi connectivity index (χ2n) is 7.29. The minimum Gasteiger partial charge on any atom is -0.488 e. The lowest BCUT2D eigenvalue weighted by Gasteiger charge is -2.12. The fourth-order valence-electron chi connectivity index (χ4n) is 3.23. The third-order valence-corrected chi connectivity index (χ3v) is 6.28. The maximum atomic E-state index is 12.9. The van der Waals surface area contributed by atoms with Gasteiger partial charge in [0.1, 0.15) is 12.4 Å². The van der Waals surface area contributed by atoms with E-state index in [4.69, 9.17) is 27.9 Å². The predicted molar refractivity (Wildman–Crippen MR) is 132 cm³/mol. The van der Waals surface area contributed by atoms with E-state index in [0.29, 0.717) is 26.9 Å². The SMILES string of the molecule is O=C1SC(=Cc2cc(Cl)ccc2OCc2cccc(Cl)c2)C(=O)N1Cc1ccc([N+](=O)[O-])cc1. The van der Waals surface area contributed by atoms with Gasteiger partial charge in [0.25, 0.3) is 16.8 Å². The Morgan fingerprint density at radius 2 is 1.71 bits per heavy atom. The van der Waals surface area contributed by atoms with E-state index in [9.17, 15) is 19.7 Å². The van der Waals surface area contributed by atoms with Crippen molar-refractivity contribution in [1.82, 2.24) is 4.90 Å². The predicted octanol–water partition coefficient (Wildman–Crippen LogP) is 6.72. The van der Waals surface area contributed by atoms with E-state index in [1.165, 1.54) is 24.3 Å². The van der Waals surface area contributed by atoms with Gasteiger partial charge < -0.3 is 4.74 Å². The van der Waals surface area contributed by atoms with Crippen LogP contribution in [0.25, 0.3) is 6.08 Å². The molecule has 1 fully saturated rings. The van der Waals surface area contributed by atoms with Crippen molar-refractivity contribution < 1.29 is 19.2 Å². The molecule has 34 heavy (non-hydrogen) atoms. The third-order valence-electron chi connectivity index (χ3n) is 4.90. The summed E-state index contributed by atoms with van der Waals surface area (Å²) in [5, 5.41) is 11.4. The Bertz CT molecular complexity index is 1310. The van der Waals surface area contributed by atoms with Crippen molar-refractivity contribution in [2.75, 3.05) is 0 Å². The van der Waals surface area contributed by atoms with Crippen molar-refractivity contribution in [2.45, 2.75) is 13.2 Å². The number of amides is 2. The molecule has 0 spiro atoms. The molecule has 0 bridgehead atoms. The van der Waals surface area contributed by atoms with Crippen LogP contribution in [0.2, 0.25) is 10.0 Å². The van der Waals surface area contributed by atoms with Crippen LogP contribution in [-0.2, 0) is 17.9 Å². The maximum absolute atomic E-state index is 12.9. The number of thioether (sulfide) groups is 1. The number of rotatable bonds is 7. The van der Waals surface area contributed by atoms with Gasteiger partial charge in [0.2, 0.25) is 0 Å². The van der Waals surface area contributed by atoms with Crippen molar-refractivity contribution >= 4 is 57.9 Å². The third kappa shape index (κ3) is 5.59. The van der Waals surface area contributed by atoms with Gasteiger partial charge in [-0.25, -0.2) is 0 Å². The molecule has 0 saturated carbocycles. The Morgan fingerprint density at radius 1 is 0.971 bits per heavy atom. The Balaban J connectivity index is 1.53. The summed E-state index contributed by atoms with van der Waals surface area (Å²) in [6.07, 6.45) is 1.57. The Labute approximate surface area is 209 Å². The number of hydrogen-bond acceptors (Lipinski definition) is 6. The largest absolute Gasteiger partial charge is 0.488 e. The average Bonchev–Trinajstić information content (AvgIpc) is 3.06. The van der Waals surface area contributed by atoms with Crippen molar-refractivity contribution in [2.24, 2.45) is 0 Å². The molecule has 1 heterocycles. The molecule has 4 rings (SSSR count). The zero-order chi connectivity index (χ0) is 24.2. The topological polar surface area (TPSA) is 89.8 Å². The monoisotopic (exact) mass is 514 g/mol. The molecule has 1 saturated heterocycles. The highest BCUT2D eigenvalue weighted by atomic mass is 35.5. The maximum Gasteiger partial charge on any atom is 0.293 e. The quantitative estimate of drug-likeness (QED) is 0.197. The molecule has 1 aliphatic heterocycles.